The highest BCUT2D eigenvalue weighted by atomic mass is 35.5. The van der Waals surface area contributed by atoms with Crippen molar-refractivity contribution in [2.24, 2.45) is 0 Å². The van der Waals surface area contributed by atoms with Crippen molar-refractivity contribution in [1.29, 1.82) is 0 Å². The Bertz CT molecular complexity index is 860. The van der Waals surface area contributed by atoms with Crippen LogP contribution in [-0.4, -0.2) is 44.1 Å². The molecule has 0 spiro atoms. The number of hydrogen-bond donors (Lipinski definition) is 0. The molecule has 2 rings (SSSR count). The molecule has 0 aromatic carbocycles. The van der Waals surface area contributed by atoms with Gasteiger partial charge in [0.15, 0.2) is 11.3 Å². The van der Waals surface area contributed by atoms with E-state index in [9.17, 15) is 27.4 Å². The first-order valence-electron chi connectivity index (χ1n) is 8.27. The van der Waals surface area contributed by atoms with Crippen LogP contribution in [-0.2, 0) is 15.6 Å². The van der Waals surface area contributed by atoms with Crippen molar-refractivity contribution >= 4 is 34.0 Å². The van der Waals surface area contributed by atoms with E-state index in [1.54, 1.807) is 13.0 Å². The summed E-state index contributed by atoms with van der Waals surface area (Å²) in [7, 11) is -1.75. The highest BCUT2D eigenvalue weighted by molar-refractivity contribution is 7.84. The zero-order chi connectivity index (χ0) is 20.9. The van der Waals surface area contributed by atoms with E-state index < -0.39 is 35.1 Å². The standard InChI is InChI=1S/C16H18ClF3N4O3S/c1-2-23(14(25)5-8-28(27)9-6-16(18,19)20)13-11-24(21-15(13)17)12-4-3-7-22(26)10-12/h3-4,7,10-11H,2,5-6,8-9H2,1H3. The Kier molecular flexibility index (Phi) is 7.41. The lowest BCUT2D eigenvalue weighted by Crippen LogP contribution is -2.31. The fourth-order valence-corrected chi connectivity index (χ4v) is 3.68. The van der Waals surface area contributed by atoms with Crippen LogP contribution in [0.2, 0.25) is 5.15 Å². The second-order valence-electron chi connectivity index (χ2n) is 5.77. The van der Waals surface area contributed by atoms with Gasteiger partial charge in [-0.3, -0.25) is 9.00 Å². The summed E-state index contributed by atoms with van der Waals surface area (Å²) in [5, 5.41) is 15.5. The summed E-state index contributed by atoms with van der Waals surface area (Å²) >= 11 is 6.12. The molecular formula is C16H18ClF3N4O3S. The SMILES string of the molecule is CCN(C(=O)CCS(=O)CCC(F)(F)F)c1cn(-c2ccc[n+]([O-])c2)nc1Cl. The van der Waals surface area contributed by atoms with E-state index in [-0.39, 0.29) is 29.6 Å². The second-order valence-corrected chi connectivity index (χ2v) is 7.83. The first kappa shape index (κ1) is 22.2. The molecule has 28 heavy (non-hydrogen) atoms. The summed E-state index contributed by atoms with van der Waals surface area (Å²) in [5.41, 5.74) is 0.721. The van der Waals surface area contributed by atoms with Crippen molar-refractivity contribution in [2.75, 3.05) is 23.0 Å². The molecular weight excluding hydrogens is 421 g/mol. The molecule has 0 bridgehead atoms. The Labute approximate surface area is 166 Å². The van der Waals surface area contributed by atoms with Crippen LogP contribution in [0, 0.1) is 5.21 Å². The monoisotopic (exact) mass is 438 g/mol. The first-order chi connectivity index (χ1) is 13.1. The zero-order valence-corrected chi connectivity index (χ0v) is 16.4. The van der Waals surface area contributed by atoms with E-state index >= 15 is 0 Å². The largest absolute Gasteiger partial charge is 0.619 e. The lowest BCUT2D eigenvalue weighted by molar-refractivity contribution is -0.605. The number of rotatable bonds is 8. The Morgan fingerprint density at radius 2 is 2.14 bits per heavy atom. The van der Waals surface area contributed by atoms with Crippen molar-refractivity contribution in [2.45, 2.75) is 25.9 Å². The van der Waals surface area contributed by atoms with Gasteiger partial charge >= 0.3 is 6.18 Å². The molecule has 2 aromatic heterocycles. The van der Waals surface area contributed by atoms with E-state index in [4.69, 9.17) is 11.6 Å². The van der Waals surface area contributed by atoms with Gasteiger partial charge in [0.1, 0.15) is 11.4 Å². The summed E-state index contributed by atoms with van der Waals surface area (Å²) in [5.74, 6) is -1.15. The number of alkyl halides is 3. The molecule has 0 aliphatic carbocycles. The van der Waals surface area contributed by atoms with Gasteiger partial charge in [-0.25, -0.2) is 4.68 Å². The molecule has 0 aliphatic rings. The molecule has 0 N–H and O–H groups in total. The summed E-state index contributed by atoms with van der Waals surface area (Å²) in [4.78, 5) is 13.8. The fourth-order valence-electron chi connectivity index (χ4n) is 2.38. The number of amides is 1. The predicted molar refractivity (Wildman–Crippen MR) is 98.7 cm³/mol. The Morgan fingerprint density at radius 1 is 1.43 bits per heavy atom. The third kappa shape index (κ3) is 6.20. The molecule has 0 saturated heterocycles. The minimum Gasteiger partial charge on any atom is -0.619 e. The van der Waals surface area contributed by atoms with Gasteiger partial charge in [0, 0.05) is 41.3 Å². The van der Waals surface area contributed by atoms with Gasteiger partial charge in [-0.1, -0.05) is 11.6 Å². The minimum atomic E-state index is -4.38. The van der Waals surface area contributed by atoms with E-state index in [2.05, 4.69) is 5.10 Å². The molecule has 0 saturated carbocycles. The van der Waals surface area contributed by atoms with Crippen LogP contribution in [0.1, 0.15) is 19.8 Å². The van der Waals surface area contributed by atoms with Crippen LogP contribution < -0.4 is 9.63 Å². The Hall–Kier alpha value is -2.14. The number of nitrogens with zero attached hydrogens (tertiary/aromatic N) is 4. The lowest BCUT2D eigenvalue weighted by atomic mass is 10.3. The Morgan fingerprint density at radius 3 is 2.75 bits per heavy atom. The normalized spacial score (nSPS) is 12.8. The number of carbonyl (C=O) groups excluding carboxylic acids is 1. The maximum absolute atomic E-state index is 12.5. The Balaban J connectivity index is 2.06. The van der Waals surface area contributed by atoms with Crippen molar-refractivity contribution in [3.05, 3.63) is 41.1 Å². The van der Waals surface area contributed by atoms with Crippen LogP contribution in [0.25, 0.3) is 5.69 Å². The van der Waals surface area contributed by atoms with Gasteiger partial charge < -0.3 is 10.1 Å². The molecule has 1 atom stereocenters. The second kappa shape index (κ2) is 9.37. The molecule has 1 unspecified atom stereocenters. The quantitative estimate of drug-likeness (QED) is 0.468. The molecule has 0 fully saturated rings. The maximum atomic E-state index is 12.5. The summed E-state index contributed by atoms with van der Waals surface area (Å²) in [6.07, 6.45) is -1.67. The lowest BCUT2D eigenvalue weighted by Gasteiger charge is -2.19. The summed E-state index contributed by atoms with van der Waals surface area (Å²) < 4.78 is 50.1. The van der Waals surface area contributed by atoms with Gasteiger partial charge in [0.25, 0.3) is 0 Å². The smallest absolute Gasteiger partial charge is 0.390 e. The number of halogens is 4. The van der Waals surface area contributed by atoms with Gasteiger partial charge in [0.05, 0.1) is 12.6 Å². The number of hydrogen-bond acceptors (Lipinski definition) is 4. The molecule has 2 heterocycles. The van der Waals surface area contributed by atoms with Gasteiger partial charge in [0.2, 0.25) is 12.1 Å². The molecule has 7 nitrogen and oxygen atoms in total. The van der Waals surface area contributed by atoms with Crippen molar-refractivity contribution in [3.8, 4) is 5.69 Å². The van der Waals surface area contributed by atoms with Gasteiger partial charge in [-0.15, -0.1) is 0 Å². The first-order valence-corrected chi connectivity index (χ1v) is 10.1. The molecule has 2 aromatic rings. The van der Waals surface area contributed by atoms with Crippen LogP contribution in [0.4, 0.5) is 18.9 Å². The van der Waals surface area contributed by atoms with E-state index in [0.717, 1.165) is 0 Å². The highest BCUT2D eigenvalue weighted by Crippen LogP contribution is 2.26. The number of carbonyl (C=O) groups is 1. The summed E-state index contributed by atoms with van der Waals surface area (Å²) in [6.45, 7) is 1.93. The molecule has 12 heteroatoms. The molecule has 0 aliphatic heterocycles. The van der Waals surface area contributed by atoms with E-state index in [0.29, 0.717) is 10.4 Å². The zero-order valence-electron chi connectivity index (χ0n) is 14.9. The van der Waals surface area contributed by atoms with Crippen LogP contribution >= 0.6 is 11.6 Å². The van der Waals surface area contributed by atoms with Gasteiger partial charge in [-0.05, 0) is 13.0 Å². The van der Waals surface area contributed by atoms with Crippen molar-refractivity contribution < 1.29 is 26.9 Å². The summed E-state index contributed by atoms with van der Waals surface area (Å²) in [6, 6.07) is 3.15. The fraction of sp³-hybridized carbons (Fsp3) is 0.438. The topological polar surface area (TPSA) is 82.1 Å². The van der Waals surface area contributed by atoms with E-state index in [1.807, 2.05) is 0 Å². The van der Waals surface area contributed by atoms with Crippen LogP contribution in [0.3, 0.4) is 0 Å². The molecule has 154 valence electrons. The van der Waals surface area contributed by atoms with Crippen LogP contribution in [0.5, 0.6) is 0 Å². The number of pyridine rings is 1. The van der Waals surface area contributed by atoms with Gasteiger partial charge in [-0.2, -0.15) is 23.0 Å². The molecule has 0 radical (unpaired) electrons. The third-order valence-electron chi connectivity index (χ3n) is 3.74. The maximum Gasteiger partial charge on any atom is 0.390 e. The van der Waals surface area contributed by atoms with Crippen LogP contribution in [0.15, 0.2) is 30.7 Å². The van der Waals surface area contributed by atoms with E-state index in [1.165, 1.54) is 34.2 Å². The van der Waals surface area contributed by atoms with Crippen molar-refractivity contribution in [3.63, 3.8) is 0 Å². The number of aromatic nitrogens is 3. The minimum absolute atomic E-state index is 0.0229. The average molecular weight is 439 g/mol. The number of anilines is 1. The third-order valence-corrected chi connectivity index (χ3v) is 5.33. The highest BCUT2D eigenvalue weighted by Gasteiger charge is 2.28. The predicted octanol–water partition coefficient (Wildman–Crippen LogP) is 2.60. The average Bonchev–Trinajstić information content (AvgIpc) is 3.00. The molecule has 1 amide bonds. The van der Waals surface area contributed by atoms with Crippen molar-refractivity contribution in [1.82, 2.24) is 9.78 Å².